The first-order valence-electron chi connectivity index (χ1n) is 5.33. The lowest BCUT2D eigenvalue weighted by Gasteiger charge is -2.07. The third-order valence-electron chi connectivity index (χ3n) is 2.32. The molecule has 0 unspecified atom stereocenters. The van der Waals surface area contributed by atoms with Gasteiger partial charge in [0, 0.05) is 6.07 Å². The first-order valence-corrected chi connectivity index (χ1v) is 6.12. The molecule has 1 aromatic carbocycles. The second-order valence-electron chi connectivity index (χ2n) is 3.65. The minimum atomic E-state index is -0.655. The highest BCUT2D eigenvalue weighted by atomic mass is 79.9. The van der Waals surface area contributed by atoms with E-state index in [0.717, 1.165) is 12.1 Å². The van der Waals surface area contributed by atoms with E-state index in [4.69, 9.17) is 0 Å². The first kappa shape index (κ1) is 14.3. The third kappa shape index (κ3) is 3.08. The third-order valence-corrected chi connectivity index (χ3v) is 2.93. The number of aromatic nitrogens is 2. The molecule has 0 aliphatic heterocycles. The van der Waals surface area contributed by atoms with E-state index in [0.29, 0.717) is 0 Å². The molecule has 2 aromatic rings. The number of benzene rings is 1. The lowest BCUT2D eigenvalue weighted by molar-refractivity contribution is 0.0593. The fourth-order valence-electron chi connectivity index (χ4n) is 1.36. The number of esters is 1. The predicted octanol–water partition coefficient (Wildman–Crippen LogP) is 3.05. The average molecular weight is 344 g/mol. The summed E-state index contributed by atoms with van der Waals surface area (Å²) in [6.45, 7) is 0. The summed E-state index contributed by atoms with van der Waals surface area (Å²) in [6, 6.07) is 1.98. The van der Waals surface area contributed by atoms with Gasteiger partial charge in [-0.05, 0) is 22.0 Å². The maximum atomic E-state index is 13.6. The van der Waals surface area contributed by atoms with E-state index < -0.39 is 17.6 Å². The zero-order valence-corrected chi connectivity index (χ0v) is 11.7. The quantitative estimate of drug-likeness (QED) is 0.685. The van der Waals surface area contributed by atoms with Crippen molar-refractivity contribution in [3.63, 3.8) is 0 Å². The van der Waals surface area contributed by atoms with E-state index in [2.05, 4.69) is 36.0 Å². The summed E-state index contributed by atoms with van der Waals surface area (Å²) >= 11 is 2.88. The van der Waals surface area contributed by atoms with E-state index in [1.165, 1.54) is 19.5 Å². The van der Waals surface area contributed by atoms with Crippen LogP contribution in [0.1, 0.15) is 10.5 Å². The molecule has 1 aromatic heterocycles. The first-order chi connectivity index (χ1) is 9.51. The molecule has 0 aliphatic rings. The van der Waals surface area contributed by atoms with E-state index in [1.807, 2.05) is 0 Å². The van der Waals surface area contributed by atoms with Gasteiger partial charge in [0.15, 0.2) is 5.69 Å². The number of nitrogens with one attached hydrogen (secondary N) is 1. The van der Waals surface area contributed by atoms with Crippen LogP contribution < -0.4 is 5.32 Å². The van der Waals surface area contributed by atoms with E-state index >= 15 is 0 Å². The molecule has 0 saturated carbocycles. The topological polar surface area (TPSA) is 64.1 Å². The Hall–Kier alpha value is -2.09. The van der Waals surface area contributed by atoms with Crippen LogP contribution in [0.15, 0.2) is 29.0 Å². The van der Waals surface area contributed by atoms with Crippen LogP contribution in [-0.2, 0) is 4.74 Å². The molecule has 0 amide bonds. The van der Waals surface area contributed by atoms with Crippen molar-refractivity contribution in [1.82, 2.24) is 9.97 Å². The molecule has 0 atom stereocenters. The monoisotopic (exact) mass is 343 g/mol. The number of carbonyl (C=O) groups excluding carboxylic acids is 1. The predicted molar refractivity (Wildman–Crippen MR) is 70.7 cm³/mol. The van der Waals surface area contributed by atoms with Gasteiger partial charge in [-0.2, -0.15) is 0 Å². The van der Waals surface area contributed by atoms with E-state index in [9.17, 15) is 13.6 Å². The van der Waals surface area contributed by atoms with Gasteiger partial charge in [-0.3, -0.25) is 0 Å². The van der Waals surface area contributed by atoms with Crippen molar-refractivity contribution in [3.05, 3.63) is 46.3 Å². The Bertz CT molecular complexity index is 650. The Labute approximate surface area is 121 Å². The SMILES string of the molecule is COC(=O)c1cnc(Nc2cc(F)c(Br)cc2F)cn1. The van der Waals surface area contributed by atoms with Crippen LogP contribution >= 0.6 is 15.9 Å². The summed E-state index contributed by atoms with van der Waals surface area (Å²) in [4.78, 5) is 18.8. The molecule has 0 fully saturated rings. The lowest BCUT2D eigenvalue weighted by Crippen LogP contribution is -2.06. The van der Waals surface area contributed by atoms with Crippen molar-refractivity contribution in [2.75, 3.05) is 12.4 Å². The molecule has 104 valence electrons. The van der Waals surface area contributed by atoms with Crippen molar-refractivity contribution < 1.29 is 18.3 Å². The highest BCUT2D eigenvalue weighted by Crippen LogP contribution is 2.25. The second-order valence-corrected chi connectivity index (χ2v) is 4.50. The number of rotatable bonds is 3. The molecule has 0 aliphatic carbocycles. The molecule has 5 nitrogen and oxygen atoms in total. The van der Waals surface area contributed by atoms with Gasteiger partial charge in [0.2, 0.25) is 0 Å². The van der Waals surface area contributed by atoms with Crippen molar-refractivity contribution >= 4 is 33.4 Å². The second kappa shape index (κ2) is 5.91. The molecule has 0 spiro atoms. The number of methoxy groups -OCH3 is 1. The lowest BCUT2D eigenvalue weighted by atomic mass is 10.3. The van der Waals surface area contributed by atoms with Crippen LogP contribution in [0.2, 0.25) is 0 Å². The summed E-state index contributed by atoms with van der Waals surface area (Å²) in [5, 5.41) is 2.56. The summed E-state index contributed by atoms with van der Waals surface area (Å²) < 4.78 is 31.4. The minimum Gasteiger partial charge on any atom is -0.464 e. The van der Waals surface area contributed by atoms with Gasteiger partial charge in [-0.1, -0.05) is 0 Å². The molecule has 2 rings (SSSR count). The molecule has 0 saturated heterocycles. The highest BCUT2D eigenvalue weighted by Gasteiger charge is 2.11. The zero-order chi connectivity index (χ0) is 14.7. The highest BCUT2D eigenvalue weighted by molar-refractivity contribution is 9.10. The van der Waals surface area contributed by atoms with Crippen LogP contribution in [-0.4, -0.2) is 23.0 Å². The molecule has 0 radical (unpaired) electrons. The van der Waals surface area contributed by atoms with Crippen LogP contribution in [0.25, 0.3) is 0 Å². The van der Waals surface area contributed by atoms with Gasteiger partial charge in [-0.15, -0.1) is 0 Å². The normalized spacial score (nSPS) is 10.2. The van der Waals surface area contributed by atoms with Crippen LogP contribution in [0.4, 0.5) is 20.3 Å². The largest absolute Gasteiger partial charge is 0.464 e. The van der Waals surface area contributed by atoms with Gasteiger partial charge in [0.25, 0.3) is 0 Å². The fourth-order valence-corrected chi connectivity index (χ4v) is 1.67. The van der Waals surface area contributed by atoms with Crippen LogP contribution in [0, 0.1) is 11.6 Å². The minimum absolute atomic E-state index is 0.0144. The number of ether oxygens (including phenoxy) is 1. The molecule has 0 bridgehead atoms. The molecule has 20 heavy (non-hydrogen) atoms. The summed E-state index contributed by atoms with van der Waals surface area (Å²) in [5.41, 5.74) is -0.0775. The van der Waals surface area contributed by atoms with Crippen LogP contribution in [0.3, 0.4) is 0 Å². The Morgan fingerprint density at radius 3 is 2.60 bits per heavy atom. The molecular formula is C12H8BrF2N3O2. The van der Waals surface area contributed by atoms with Gasteiger partial charge < -0.3 is 10.1 Å². The maximum Gasteiger partial charge on any atom is 0.358 e. The zero-order valence-electron chi connectivity index (χ0n) is 10.2. The summed E-state index contributed by atoms with van der Waals surface area (Å²) in [5.74, 6) is -1.74. The number of halogens is 3. The molecule has 8 heteroatoms. The van der Waals surface area contributed by atoms with Gasteiger partial charge in [0.1, 0.15) is 17.5 Å². The average Bonchev–Trinajstić information content (AvgIpc) is 2.44. The maximum absolute atomic E-state index is 13.6. The Kier molecular flexibility index (Phi) is 4.23. The van der Waals surface area contributed by atoms with Gasteiger partial charge in [0.05, 0.1) is 29.7 Å². The Morgan fingerprint density at radius 2 is 2.00 bits per heavy atom. The number of nitrogens with zero attached hydrogens (tertiary/aromatic N) is 2. The summed E-state index contributed by atoms with van der Waals surface area (Å²) in [7, 11) is 1.22. The van der Waals surface area contributed by atoms with E-state index in [1.54, 1.807) is 0 Å². The van der Waals surface area contributed by atoms with E-state index in [-0.39, 0.29) is 21.7 Å². The fraction of sp³-hybridized carbons (Fsp3) is 0.0833. The smallest absolute Gasteiger partial charge is 0.358 e. The van der Waals surface area contributed by atoms with Crippen molar-refractivity contribution in [3.8, 4) is 0 Å². The molecular weight excluding hydrogens is 336 g/mol. The van der Waals surface area contributed by atoms with Crippen LogP contribution in [0.5, 0.6) is 0 Å². The van der Waals surface area contributed by atoms with Crippen molar-refractivity contribution in [2.45, 2.75) is 0 Å². The molecule has 1 heterocycles. The number of carbonyl (C=O) groups is 1. The molecule has 1 N–H and O–H groups in total. The van der Waals surface area contributed by atoms with Crippen molar-refractivity contribution in [1.29, 1.82) is 0 Å². The van der Waals surface area contributed by atoms with Gasteiger partial charge >= 0.3 is 5.97 Å². The Morgan fingerprint density at radius 1 is 1.25 bits per heavy atom. The Balaban J connectivity index is 2.22. The number of hydrogen-bond donors (Lipinski definition) is 1. The number of hydrogen-bond acceptors (Lipinski definition) is 5. The standard InChI is InChI=1S/C12H8BrF2N3O2/c1-20-12(19)10-4-17-11(5-16-10)18-9-3-7(14)6(13)2-8(9)15/h2-5H,1H3,(H,17,18). The number of anilines is 2. The van der Waals surface area contributed by atoms with Gasteiger partial charge in [-0.25, -0.2) is 23.5 Å². The van der Waals surface area contributed by atoms with Crippen molar-refractivity contribution in [2.24, 2.45) is 0 Å². The summed E-state index contributed by atoms with van der Waals surface area (Å²) in [6.07, 6.45) is 2.38.